The van der Waals surface area contributed by atoms with Gasteiger partial charge in [-0.15, -0.1) is 0 Å². The first kappa shape index (κ1) is 19.2. The van der Waals surface area contributed by atoms with Crippen molar-refractivity contribution in [3.05, 3.63) is 47.5 Å². The fourth-order valence-electron chi connectivity index (χ4n) is 1.86. The maximum Gasteiger partial charge on any atom is 0.407 e. The van der Waals surface area contributed by atoms with Crippen molar-refractivity contribution >= 4 is 6.09 Å². The lowest BCUT2D eigenvalue weighted by Crippen LogP contribution is -2.30. The van der Waals surface area contributed by atoms with Gasteiger partial charge in [0.15, 0.2) is 6.29 Å². The van der Waals surface area contributed by atoms with Crippen molar-refractivity contribution in [3.8, 4) is 0 Å². The van der Waals surface area contributed by atoms with Crippen LogP contribution in [0.3, 0.4) is 0 Å². The third kappa shape index (κ3) is 7.78. The van der Waals surface area contributed by atoms with Gasteiger partial charge in [-0.3, -0.25) is 0 Å². The summed E-state index contributed by atoms with van der Waals surface area (Å²) < 4.78 is 10.3. The lowest BCUT2D eigenvalue weighted by atomic mass is 10.1. The zero-order chi connectivity index (χ0) is 17.2. The highest BCUT2D eigenvalue weighted by molar-refractivity contribution is 5.67. The van der Waals surface area contributed by atoms with Gasteiger partial charge < -0.3 is 25.2 Å². The molecule has 1 rings (SSSR count). The van der Waals surface area contributed by atoms with Crippen LogP contribution in [-0.4, -0.2) is 37.2 Å². The summed E-state index contributed by atoms with van der Waals surface area (Å²) in [6.45, 7) is 8.19. The summed E-state index contributed by atoms with van der Waals surface area (Å²) >= 11 is 0. The molecule has 0 radical (unpaired) electrons. The van der Waals surface area contributed by atoms with Gasteiger partial charge in [-0.25, -0.2) is 4.79 Å². The van der Waals surface area contributed by atoms with E-state index in [9.17, 15) is 9.90 Å². The van der Waals surface area contributed by atoms with Gasteiger partial charge in [-0.1, -0.05) is 30.8 Å². The normalized spacial score (nSPS) is 13.2. The van der Waals surface area contributed by atoms with Crippen LogP contribution < -0.4 is 10.6 Å². The van der Waals surface area contributed by atoms with Crippen LogP contribution in [0.4, 0.5) is 4.79 Å². The van der Waals surface area contributed by atoms with Crippen LogP contribution in [0.2, 0.25) is 0 Å². The van der Waals surface area contributed by atoms with E-state index in [-0.39, 0.29) is 6.61 Å². The summed E-state index contributed by atoms with van der Waals surface area (Å²) in [6, 6.07) is 7.93. The summed E-state index contributed by atoms with van der Waals surface area (Å²) in [5.41, 5.74) is 2.65. The summed E-state index contributed by atoms with van der Waals surface area (Å²) in [5.74, 6) is 0. The predicted octanol–water partition coefficient (Wildman–Crippen LogP) is 1.93. The molecular weight excluding hydrogens is 296 g/mol. The zero-order valence-corrected chi connectivity index (χ0v) is 14.0. The molecular formula is C17H26N2O4. The minimum absolute atomic E-state index is 0.0963. The highest BCUT2D eigenvalue weighted by Crippen LogP contribution is 2.06. The van der Waals surface area contributed by atoms with Crippen LogP contribution >= 0.6 is 0 Å². The Morgan fingerprint density at radius 3 is 2.61 bits per heavy atom. The van der Waals surface area contributed by atoms with Gasteiger partial charge in [0, 0.05) is 13.1 Å². The van der Waals surface area contributed by atoms with Gasteiger partial charge in [0.25, 0.3) is 0 Å². The topological polar surface area (TPSA) is 79.8 Å². The zero-order valence-electron chi connectivity index (χ0n) is 14.0. The van der Waals surface area contributed by atoms with Crippen LogP contribution in [0.1, 0.15) is 25.0 Å². The van der Waals surface area contributed by atoms with E-state index in [0.717, 1.165) is 17.7 Å². The summed E-state index contributed by atoms with van der Waals surface area (Å²) in [5, 5.41) is 15.2. The van der Waals surface area contributed by atoms with Gasteiger partial charge in [0.05, 0.1) is 6.61 Å². The van der Waals surface area contributed by atoms with Gasteiger partial charge in [0.2, 0.25) is 0 Å². The monoisotopic (exact) mass is 322 g/mol. The molecule has 0 saturated carbocycles. The van der Waals surface area contributed by atoms with Crippen LogP contribution in [0.25, 0.3) is 0 Å². The second kappa shape index (κ2) is 9.99. The molecule has 6 nitrogen and oxygen atoms in total. The quantitative estimate of drug-likeness (QED) is 0.478. The van der Waals surface area contributed by atoms with E-state index >= 15 is 0 Å². The molecule has 128 valence electrons. The van der Waals surface area contributed by atoms with Crippen molar-refractivity contribution in [1.29, 1.82) is 0 Å². The molecule has 1 aromatic carbocycles. The van der Waals surface area contributed by atoms with Crippen molar-refractivity contribution in [2.75, 3.05) is 13.7 Å². The molecule has 0 fully saturated rings. The van der Waals surface area contributed by atoms with Crippen LogP contribution in [0.15, 0.2) is 36.4 Å². The average molecular weight is 322 g/mol. The number of benzene rings is 1. The number of alkyl carbamates (subject to hydrolysis) is 1. The van der Waals surface area contributed by atoms with Crippen molar-refractivity contribution in [2.45, 2.75) is 39.3 Å². The highest BCUT2D eigenvalue weighted by atomic mass is 16.6. The molecule has 2 atom stereocenters. The Labute approximate surface area is 137 Å². The first-order valence-electron chi connectivity index (χ1n) is 7.54. The molecule has 1 amide bonds. The first-order valence-corrected chi connectivity index (χ1v) is 7.54. The Morgan fingerprint density at radius 1 is 1.35 bits per heavy atom. The fourth-order valence-corrected chi connectivity index (χ4v) is 1.86. The molecule has 2 unspecified atom stereocenters. The standard InChI is InChI=1S/C17H26N2O4/c1-12(2)16(20)22-11-13(3)23-17(21)19-10-15-7-5-6-14(8-15)9-18-4/h5-8,13,16,18,20H,1,9-11H2,2-4H3,(H,19,21). The molecule has 0 heterocycles. The molecule has 0 aliphatic carbocycles. The largest absolute Gasteiger partial charge is 0.444 e. The van der Waals surface area contributed by atoms with Gasteiger partial charge in [0.1, 0.15) is 6.10 Å². The average Bonchev–Trinajstić information content (AvgIpc) is 2.51. The van der Waals surface area contributed by atoms with Gasteiger partial charge in [-0.2, -0.15) is 0 Å². The molecule has 0 aliphatic rings. The maximum atomic E-state index is 11.7. The predicted molar refractivity (Wildman–Crippen MR) is 88.8 cm³/mol. The van der Waals surface area contributed by atoms with Crippen molar-refractivity contribution in [2.24, 2.45) is 0 Å². The van der Waals surface area contributed by atoms with E-state index in [0.29, 0.717) is 12.1 Å². The number of rotatable bonds is 9. The van der Waals surface area contributed by atoms with E-state index in [2.05, 4.69) is 17.2 Å². The third-order valence-electron chi connectivity index (χ3n) is 3.03. The Balaban J connectivity index is 2.33. The van der Waals surface area contributed by atoms with Crippen LogP contribution in [-0.2, 0) is 22.6 Å². The number of aliphatic hydroxyl groups is 1. The molecule has 3 N–H and O–H groups in total. The summed E-state index contributed by atoms with van der Waals surface area (Å²) in [6.07, 6.45) is -2.04. The van der Waals surface area contributed by atoms with E-state index in [1.54, 1.807) is 13.8 Å². The molecule has 0 saturated heterocycles. The fraction of sp³-hybridized carbons (Fsp3) is 0.471. The van der Waals surface area contributed by atoms with E-state index in [4.69, 9.17) is 9.47 Å². The molecule has 0 bridgehead atoms. The highest BCUT2D eigenvalue weighted by Gasteiger charge is 2.12. The smallest absolute Gasteiger partial charge is 0.407 e. The number of carbonyl (C=O) groups is 1. The second-order valence-electron chi connectivity index (χ2n) is 5.45. The Kier molecular flexibility index (Phi) is 8.32. The molecule has 0 aliphatic heterocycles. The Bertz CT molecular complexity index is 519. The van der Waals surface area contributed by atoms with E-state index < -0.39 is 18.5 Å². The maximum absolute atomic E-state index is 11.7. The van der Waals surface area contributed by atoms with Crippen molar-refractivity contribution < 1.29 is 19.4 Å². The number of hydrogen-bond acceptors (Lipinski definition) is 5. The SMILES string of the molecule is C=C(C)C(O)OCC(C)OC(=O)NCc1cccc(CNC)c1. The number of hydrogen-bond donors (Lipinski definition) is 3. The number of carbonyl (C=O) groups excluding carboxylic acids is 1. The molecule has 0 aromatic heterocycles. The lowest BCUT2D eigenvalue weighted by Gasteiger charge is -2.17. The minimum atomic E-state index is -1.04. The Morgan fingerprint density at radius 2 is 2.00 bits per heavy atom. The van der Waals surface area contributed by atoms with Gasteiger partial charge >= 0.3 is 6.09 Å². The molecule has 1 aromatic rings. The molecule has 0 spiro atoms. The number of aliphatic hydroxyl groups excluding tert-OH is 1. The number of ether oxygens (including phenoxy) is 2. The Hall–Kier alpha value is -1.89. The van der Waals surface area contributed by atoms with Crippen LogP contribution in [0.5, 0.6) is 0 Å². The third-order valence-corrected chi connectivity index (χ3v) is 3.03. The number of nitrogens with one attached hydrogen (secondary N) is 2. The van der Waals surface area contributed by atoms with Gasteiger partial charge in [-0.05, 0) is 37.6 Å². The number of amides is 1. The van der Waals surface area contributed by atoms with Crippen LogP contribution in [0, 0.1) is 0 Å². The van der Waals surface area contributed by atoms with E-state index in [1.165, 1.54) is 0 Å². The van der Waals surface area contributed by atoms with Crippen molar-refractivity contribution in [3.63, 3.8) is 0 Å². The summed E-state index contributed by atoms with van der Waals surface area (Å²) in [7, 11) is 1.89. The molecule has 23 heavy (non-hydrogen) atoms. The lowest BCUT2D eigenvalue weighted by molar-refractivity contribution is -0.0961. The van der Waals surface area contributed by atoms with E-state index in [1.807, 2.05) is 31.3 Å². The first-order chi connectivity index (χ1) is 10.9. The second-order valence-corrected chi connectivity index (χ2v) is 5.45. The minimum Gasteiger partial charge on any atom is -0.444 e. The van der Waals surface area contributed by atoms with Crippen molar-refractivity contribution in [1.82, 2.24) is 10.6 Å². The molecule has 6 heteroatoms. The summed E-state index contributed by atoms with van der Waals surface area (Å²) in [4.78, 5) is 11.7.